The summed E-state index contributed by atoms with van der Waals surface area (Å²) in [5, 5.41) is 2.36. The lowest BCUT2D eigenvalue weighted by atomic mass is 9.84. The van der Waals surface area contributed by atoms with Crippen molar-refractivity contribution in [1.82, 2.24) is 10.2 Å². The number of amides is 4. The molecule has 0 aromatic heterocycles. The predicted molar refractivity (Wildman–Crippen MR) is 97.6 cm³/mol. The topological polar surface area (TPSA) is 102 Å². The number of urea groups is 1. The molecule has 7 heteroatoms. The van der Waals surface area contributed by atoms with Crippen molar-refractivity contribution in [3.05, 3.63) is 35.4 Å². The van der Waals surface area contributed by atoms with Crippen molar-refractivity contribution in [3.8, 4) is 0 Å². The number of aryl methyl sites for hydroxylation is 1. The molecule has 4 rings (SSSR count). The lowest BCUT2D eigenvalue weighted by Gasteiger charge is -2.38. The van der Waals surface area contributed by atoms with Crippen molar-refractivity contribution in [2.45, 2.75) is 50.1 Å². The number of nitrogens with zero attached hydrogens (tertiary/aromatic N) is 1. The van der Waals surface area contributed by atoms with Crippen LogP contribution in [0.25, 0.3) is 0 Å². The fraction of sp³-hybridized carbons (Fsp3) is 0.550. The lowest BCUT2D eigenvalue weighted by Crippen LogP contribution is -2.61. The van der Waals surface area contributed by atoms with Gasteiger partial charge in [0.2, 0.25) is 11.8 Å². The van der Waals surface area contributed by atoms with Crippen LogP contribution in [0.3, 0.4) is 0 Å². The number of benzene rings is 1. The SMILES string of the molecule is N[C@]1(CCC2C(=O)NC(=O)N(C3CCOCC3)C2=O)CCc2ccccc21. The van der Waals surface area contributed by atoms with Gasteiger partial charge in [-0.05, 0) is 49.7 Å². The van der Waals surface area contributed by atoms with E-state index in [0.717, 1.165) is 18.4 Å². The van der Waals surface area contributed by atoms with Crippen LogP contribution < -0.4 is 11.1 Å². The second kappa shape index (κ2) is 7.05. The summed E-state index contributed by atoms with van der Waals surface area (Å²) in [4.78, 5) is 38.8. The molecule has 1 aromatic rings. The smallest absolute Gasteiger partial charge is 0.331 e. The van der Waals surface area contributed by atoms with E-state index < -0.39 is 29.3 Å². The average molecular weight is 371 g/mol. The molecule has 27 heavy (non-hydrogen) atoms. The standard InChI is InChI=1S/C20H25N3O4/c21-20(9-5-13-3-1-2-4-16(13)20)10-6-15-17(24)22-19(26)23(18(15)25)14-7-11-27-12-8-14/h1-4,14-15H,5-12,21H2,(H,22,24,26)/t15?,20-/m0/s1. The number of carbonyl (C=O) groups excluding carboxylic acids is 3. The highest BCUT2D eigenvalue weighted by Crippen LogP contribution is 2.39. The van der Waals surface area contributed by atoms with Gasteiger partial charge in [0.25, 0.3) is 0 Å². The normalized spacial score (nSPS) is 29.0. The number of imide groups is 2. The van der Waals surface area contributed by atoms with Crippen LogP contribution in [0.5, 0.6) is 0 Å². The van der Waals surface area contributed by atoms with E-state index in [1.165, 1.54) is 10.5 Å². The summed E-state index contributed by atoms with van der Waals surface area (Å²) in [7, 11) is 0. The van der Waals surface area contributed by atoms with Crippen LogP contribution in [0.2, 0.25) is 0 Å². The summed E-state index contributed by atoms with van der Waals surface area (Å²) in [5.74, 6) is -1.77. The number of fused-ring (bicyclic) bond motifs is 1. The van der Waals surface area contributed by atoms with Crippen LogP contribution in [0.4, 0.5) is 4.79 Å². The summed E-state index contributed by atoms with van der Waals surface area (Å²) in [6, 6.07) is 7.26. The Morgan fingerprint density at radius 2 is 1.93 bits per heavy atom. The van der Waals surface area contributed by atoms with Gasteiger partial charge in [0, 0.05) is 24.8 Å². The minimum absolute atomic E-state index is 0.208. The van der Waals surface area contributed by atoms with Crippen LogP contribution >= 0.6 is 0 Å². The minimum Gasteiger partial charge on any atom is -0.381 e. The Morgan fingerprint density at radius 3 is 2.70 bits per heavy atom. The Morgan fingerprint density at radius 1 is 1.19 bits per heavy atom. The number of nitrogens with one attached hydrogen (secondary N) is 1. The Kier molecular flexibility index (Phi) is 4.74. The van der Waals surface area contributed by atoms with Gasteiger partial charge in [0.15, 0.2) is 0 Å². The molecule has 1 aromatic carbocycles. The van der Waals surface area contributed by atoms with Crippen molar-refractivity contribution in [3.63, 3.8) is 0 Å². The van der Waals surface area contributed by atoms with E-state index in [0.29, 0.717) is 38.9 Å². The third-order valence-electron chi connectivity index (χ3n) is 6.13. The van der Waals surface area contributed by atoms with Crippen LogP contribution in [-0.2, 0) is 26.3 Å². The monoisotopic (exact) mass is 371 g/mol. The zero-order chi connectivity index (χ0) is 19.0. The fourth-order valence-electron chi connectivity index (χ4n) is 4.55. The maximum Gasteiger partial charge on any atom is 0.331 e. The zero-order valence-electron chi connectivity index (χ0n) is 15.3. The number of ether oxygens (including phenoxy) is 1. The number of hydrogen-bond donors (Lipinski definition) is 2. The summed E-state index contributed by atoms with van der Waals surface area (Å²) in [6.07, 6.45) is 3.79. The highest BCUT2D eigenvalue weighted by molar-refractivity contribution is 6.16. The first kappa shape index (κ1) is 18.1. The van der Waals surface area contributed by atoms with E-state index in [9.17, 15) is 14.4 Å². The number of barbiturate groups is 1. The molecule has 0 spiro atoms. The molecule has 7 nitrogen and oxygen atoms in total. The second-order valence-corrected chi connectivity index (χ2v) is 7.75. The molecule has 1 aliphatic carbocycles. The summed E-state index contributed by atoms with van der Waals surface area (Å²) in [5.41, 5.74) is 8.46. The van der Waals surface area contributed by atoms with Gasteiger partial charge >= 0.3 is 6.03 Å². The Labute approximate surface area is 158 Å². The highest BCUT2D eigenvalue weighted by atomic mass is 16.5. The van der Waals surface area contributed by atoms with Gasteiger partial charge < -0.3 is 10.5 Å². The van der Waals surface area contributed by atoms with E-state index >= 15 is 0 Å². The molecule has 2 heterocycles. The van der Waals surface area contributed by atoms with E-state index in [2.05, 4.69) is 11.4 Å². The van der Waals surface area contributed by atoms with Crippen molar-refractivity contribution in [1.29, 1.82) is 0 Å². The average Bonchev–Trinajstić information content (AvgIpc) is 3.00. The van der Waals surface area contributed by atoms with Gasteiger partial charge in [-0.2, -0.15) is 0 Å². The molecular formula is C20H25N3O4. The maximum atomic E-state index is 13.0. The molecule has 0 bridgehead atoms. The maximum absolute atomic E-state index is 13.0. The lowest BCUT2D eigenvalue weighted by molar-refractivity contribution is -0.145. The largest absolute Gasteiger partial charge is 0.381 e. The molecule has 2 saturated heterocycles. The third-order valence-corrected chi connectivity index (χ3v) is 6.13. The number of carbonyl (C=O) groups is 3. The van der Waals surface area contributed by atoms with E-state index in [1.54, 1.807) is 0 Å². The summed E-state index contributed by atoms with van der Waals surface area (Å²) in [6.45, 7) is 1.03. The van der Waals surface area contributed by atoms with Crippen LogP contribution in [0, 0.1) is 5.92 Å². The van der Waals surface area contributed by atoms with Crippen molar-refractivity contribution < 1.29 is 19.1 Å². The van der Waals surface area contributed by atoms with Crippen LogP contribution in [-0.4, -0.2) is 42.0 Å². The summed E-state index contributed by atoms with van der Waals surface area (Å²) < 4.78 is 5.32. The molecule has 1 unspecified atom stereocenters. The zero-order valence-corrected chi connectivity index (χ0v) is 15.3. The molecule has 144 valence electrons. The Balaban J connectivity index is 1.49. The second-order valence-electron chi connectivity index (χ2n) is 7.75. The van der Waals surface area contributed by atoms with Gasteiger partial charge in [-0.25, -0.2) is 4.79 Å². The first-order valence-corrected chi connectivity index (χ1v) is 9.62. The molecule has 4 amide bonds. The minimum atomic E-state index is -0.862. The van der Waals surface area contributed by atoms with Crippen molar-refractivity contribution in [2.75, 3.05) is 13.2 Å². The molecule has 3 aliphatic rings. The number of hydrogen-bond acceptors (Lipinski definition) is 5. The van der Waals surface area contributed by atoms with Crippen molar-refractivity contribution >= 4 is 17.8 Å². The molecule has 2 fully saturated rings. The van der Waals surface area contributed by atoms with Gasteiger partial charge in [0.1, 0.15) is 5.92 Å². The molecule has 2 aliphatic heterocycles. The molecule has 2 atom stereocenters. The number of nitrogens with two attached hydrogens (primary N) is 1. The molecule has 0 saturated carbocycles. The van der Waals surface area contributed by atoms with Crippen LogP contribution in [0.15, 0.2) is 24.3 Å². The van der Waals surface area contributed by atoms with Crippen molar-refractivity contribution in [2.24, 2.45) is 11.7 Å². The van der Waals surface area contributed by atoms with E-state index in [4.69, 9.17) is 10.5 Å². The fourth-order valence-corrected chi connectivity index (χ4v) is 4.55. The Hall–Kier alpha value is -2.25. The predicted octanol–water partition coefficient (Wildman–Crippen LogP) is 1.44. The van der Waals surface area contributed by atoms with E-state index in [1.807, 2.05) is 18.2 Å². The van der Waals surface area contributed by atoms with Gasteiger partial charge in [-0.1, -0.05) is 24.3 Å². The van der Waals surface area contributed by atoms with Gasteiger partial charge in [-0.3, -0.25) is 19.8 Å². The molecular weight excluding hydrogens is 346 g/mol. The first-order chi connectivity index (χ1) is 13.0. The molecule has 0 radical (unpaired) electrons. The highest BCUT2D eigenvalue weighted by Gasteiger charge is 2.45. The summed E-state index contributed by atoms with van der Waals surface area (Å²) >= 11 is 0. The van der Waals surface area contributed by atoms with Gasteiger partial charge in [-0.15, -0.1) is 0 Å². The van der Waals surface area contributed by atoms with E-state index in [-0.39, 0.29) is 6.04 Å². The quantitative estimate of drug-likeness (QED) is 0.780. The third kappa shape index (κ3) is 3.26. The molecule has 3 N–H and O–H groups in total. The number of rotatable bonds is 4. The van der Waals surface area contributed by atoms with Crippen LogP contribution in [0.1, 0.15) is 43.2 Å². The Bertz CT molecular complexity index is 774. The van der Waals surface area contributed by atoms with Gasteiger partial charge in [0.05, 0.1) is 0 Å². The first-order valence-electron chi connectivity index (χ1n) is 9.62.